The van der Waals surface area contributed by atoms with Gasteiger partial charge in [-0.1, -0.05) is 64.5 Å². The lowest BCUT2D eigenvalue weighted by molar-refractivity contribution is -0.132. The zero-order valence-corrected chi connectivity index (χ0v) is 17.6. The summed E-state index contributed by atoms with van der Waals surface area (Å²) in [7, 11) is 0. The predicted molar refractivity (Wildman–Crippen MR) is 119 cm³/mol. The summed E-state index contributed by atoms with van der Waals surface area (Å²) >= 11 is 3.37. The van der Waals surface area contributed by atoms with Gasteiger partial charge < -0.3 is 10.2 Å². The molecule has 31 heavy (non-hydrogen) atoms. The van der Waals surface area contributed by atoms with Crippen LogP contribution in [0.25, 0.3) is 5.76 Å². The molecule has 3 aromatic carbocycles. The summed E-state index contributed by atoms with van der Waals surface area (Å²) in [6.07, 6.45) is 0. The lowest BCUT2D eigenvalue weighted by atomic mass is 9.95. The van der Waals surface area contributed by atoms with E-state index in [0.717, 1.165) is 4.47 Å². The molecule has 1 aliphatic heterocycles. The predicted octanol–water partition coefficient (Wildman–Crippen LogP) is 4.77. The van der Waals surface area contributed by atoms with Crippen LogP contribution in [-0.2, 0) is 9.59 Å². The van der Waals surface area contributed by atoms with Crippen LogP contribution in [0.2, 0.25) is 0 Å². The molecule has 0 aromatic heterocycles. The van der Waals surface area contributed by atoms with Crippen molar-refractivity contribution in [3.05, 3.63) is 106 Å². The third-order valence-corrected chi connectivity index (χ3v) is 5.58. The second kappa shape index (κ2) is 8.20. The van der Waals surface area contributed by atoms with Gasteiger partial charge in [0.15, 0.2) is 0 Å². The zero-order chi connectivity index (χ0) is 22.1. The summed E-state index contributed by atoms with van der Waals surface area (Å²) in [5, 5.41) is 20.3. The van der Waals surface area contributed by atoms with E-state index in [1.54, 1.807) is 60.7 Å². The topological polar surface area (TPSA) is 94.9 Å². The zero-order valence-electron chi connectivity index (χ0n) is 16.0. The van der Waals surface area contributed by atoms with Crippen molar-refractivity contribution in [1.82, 2.24) is 0 Å². The Labute approximate surface area is 186 Å². The van der Waals surface area contributed by atoms with Gasteiger partial charge in [0.05, 0.1) is 17.2 Å². The standard InChI is InChI=1S/C24H16BrNO5/c25-17-11-9-14(10-12-17)20-19(21(27)15-5-2-1-3-6-15)22(28)23(29)26(20)18-8-4-7-16(13-18)24(30)31/h1-13,20,27H,(H,30,31)/t20-/m1/s1. The van der Waals surface area contributed by atoms with Crippen LogP contribution in [-0.4, -0.2) is 27.9 Å². The van der Waals surface area contributed by atoms with Crippen molar-refractivity contribution in [2.45, 2.75) is 6.04 Å². The first-order valence-electron chi connectivity index (χ1n) is 9.33. The Morgan fingerprint density at radius 1 is 0.839 bits per heavy atom. The molecule has 1 fully saturated rings. The number of rotatable bonds is 4. The van der Waals surface area contributed by atoms with Gasteiger partial charge in [0, 0.05) is 15.7 Å². The monoisotopic (exact) mass is 477 g/mol. The van der Waals surface area contributed by atoms with E-state index in [1.165, 1.54) is 23.1 Å². The molecule has 0 aliphatic carbocycles. The SMILES string of the molecule is O=C1C(=O)N(c2cccc(C(=O)O)c2)[C@H](c2ccc(Br)cc2)C1=C(O)c1ccccc1. The Morgan fingerprint density at radius 2 is 1.48 bits per heavy atom. The minimum atomic E-state index is -1.15. The van der Waals surface area contributed by atoms with Crippen LogP contribution < -0.4 is 4.90 Å². The minimum Gasteiger partial charge on any atom is -0.507 e. The third-order valence-electron chi connectivity index (χ3n) is 5.05. The van der Waals surface area contributed by atoms with Gasteiger partial charge in [-0.15, -0.1) is 0 Å². The fourth-order valence-corrected chi connectivity index (χ4v) is 3.86. The molecule has 1 aliphatic rings. The maximum atomic E-state index is 13.1. The fraction of sp³-hybridized carbons (Fsp3) is 0.0417. The third kappa shape index (κ3) is 3.75. The Hall–Kier alpha value is -3.71. The Morgan fingerprint density at radius 3 is 2.13 bits per heavy atom. The molecular weight excluding hydrogens is 462 g/mol. The smallest absolute Gasteiger partial charge is 0.335 e. The molecule has 0 radical (unpaired) electrons. The summed E-state index contributed by atoms with van der Waals surface area (Å²) in [5.41, 5.74) is 1.18. The van der Waals surface area contributed by atoms with Crippen molar-refractivity contribution >= 4 is 45.0 Å². The van der Waals surface area contributed by atoms with E-state index >= 15 is 0 Å². The van der Waals surface area contributed by atoms with E-state index in [4.69, 9.17) is 0 Å². The Bertz CT molecular complexity index is 1220. The van der Waals surface area contributed by atoms with E-state index < -0.39 is 23.7 Å². The summed E-state index contributed by atoms with van der Waals surface area (Å²) in [5.74, 6) is -3.12. The van der Waals surface area contributed by atoms with Gasteiger partial charge in [-0.2, -0.15) is 0 Å². The van der Waals surface area contributed by atoms with Crippen molar-refractivity contribution in [2.75, 3.05) is 4.90 Å². The van der Waals surface area contributed by atoms with Crippen LogP contribution in [0.3, 0.4) is 0 Å². The van der Waals surface area contributed by atoms with Crippen molar-refractivity contribution in [3.8, 4) is 0 Å². The molecule has 0 spiro atoms. The number of carboxylic acid groups (broad SMARTS) is 1. The maximum Gasteiger partial charge on any atom is 0.335 e. The highest BCUT2D eigenvalue weighted by Crippen LogP contribution is 2.42. The molecule has 7 heteroatoms. The second-order valence-corrected chi connectivity index (χ2v) is 7.86. The van der Waals surface area contributed by atoms with Gasteiger partial charge in [0.2, 0.25) is 0 Å². The molecule has 1 heterocycles. The number of Topliss-reactive ketones (excluding diaryl/α,β-unsaturated/α-hetero) is 1. The number of nitrogens with zero attached hydrogens (tertiary/aromatic N) is 1. The molecule has 6 nitrogen and oxygen atoms in total. The Kier molecular flexibility index (Phi) is 5.44. The summed E-state index contributed by atoms with van der Waals surface area (Å²) in [6, 6.07) is 20.4. The Balaban J connectivity index is 1.95. The normalized spacial score (nSPS) is 17.7. The molecule has 0 unspecified atom stereocenters. The highest BCUT2D eigenvalue weighted by Gasteiger charge is 2.47. The molecule has 1 saturated heterocycles. The lowest BCUT2D eigenvalue weighted by Gasteiger charge is -2.25. The number of anilines is 1. The number of benzene rings is 3. The van der Waals surface area contributed by atoms with Gasteiger partial charge in [-0.3, -0.25) is 14.5 Å². The first-order valence-corrected chi connectivity index (χ1v) is 10.1. The van der Waals surface area contributed by atoms with Gasteiger partial charge >= 0.3 is 5.97 Å². The first-order chi connectivity index (χ1) is 14.9. The van der Waals surface area contributed by atoms with Gasteiger partial charge in [0.1, 0.15) is 5.76 Å². The van der Waals surface area contributed by atoms with E-state index in [2.05, 4.69) is 15.9 Å². The number of ketones is 1. The van der Waals surface area contributed by atoms with Gasteiger partial charge in [-0.05, 0) is 35.9 Å². The molecule has 2 N–H and O–H groups in total. The molecule has 154 valence electrons. The minimum absolute atomic E-state index is 0.0167. The number of carboxylic acids is 1. The van der Waals surface area contributed by atoms with Crippen LogP contribution in [0, 0.1) is 0 Å². The highest BCUT2D eigenvalue weighted by molar-refractivity contribution is 9.10. The summed E-state index contributed by atoms with van der Waals surface area (Å²) in [6.45, 7) is 0. The molecule has 0 saturated carbocycles. The second-order valence-electron chi connectivity index (χ2n) is 6.94. The number of carbonyl (C=O) groups excluding carboxylic acids is 2. The van der Waals surface area contributed by atoms with Crippen molar-refractivity contribution in [2.24, 2.45) is 0 Å². The summed E-state index contributed by atoms with van der Waals surface area (Å²) < 4.78 is 0.809. The first kappa shape index (κ1) is 20.6. The van der Waals surface area contributed by atoms with Crippen molar-refractivity contribution in [3.63, 3.8) is 0 Å². The highest BCUT2D eigenvalue weighted by atomic mass is 79.9. The van der Waals surface area contributed by atoms with E-state index in [1.807, 2.05) is 0 Å². The van der Waals surface area contributed by atoms with Crippen LogP contribution in [0.1, 0.15) is 27.5 Å². The van der Waals surface area contributed by atoms with E-state index in [-0.39, 0.29) is 22.6 Å². The van der Waals surface area contributed by atoms with Crippen LogP contribution in [0.15, 0.2) is 88.9 Å². The summed E-state index contributed by atoms with van der Waals surface area (Å²) in [4.78, 5) is 38.8. The molecule has 1 amide bonds. The number of hydrogen-bond donors (Lipinski definition) is 2. The number of aliphatic hydroxyl groups is 1. The van der Waals surface area contributed by atoms with Crippen LogP contribution >= 0.6 is 15.9 Å². The average Bonchev–Trinajstić information content (AvgIpc) is 3.05. The van der Waals surface area contributed by atoms with Gasteiger partial charge in [-0.25, -0.2) is 4.79 Å². The van der Waals surface area contributed by atoms with E-state index in [0.29, 0.717) is 11.1 Å². The van der Waals surface area contributed by atoms with Crippen LogP contribution in [0.5, 0.6) is 0 Å². The molecule has 1 atom stereocenters. The number of amides is 1. The van der Waals surface area contributed by atoms with Crippen molar-refractivity contribution < 1.29 is 24.6 Å². The molecular formula is C24H16BrNO5. The number of aromatic carboxylic acids is 1. The lowest BCUT2D eigenvalue weighted by Crippen LogP contribution is -2.29. The maximum absolute atomic E-state index is 13.1. The molecule has 3 aromatic rings. The number of aliphatic hydroxyl groups excluding tert-OH is 1. The molecule has 0 bridgehead atoms. The molecule has 4 rings (SSSR count). The number of halogens is 1. The van der Waals surface area contributed by atoms with Crippen molar-refractivity contribution in [1.29, 1.82) is 0 Å². The average molecular weight is 478 g/mol. The van der Waals surface area contributed by atoms with E-state index in [9.17, 15) is 24.6 Å². The van der Waals surface area contributed by atoms with Gasteiger partial charge in [0.25, 0.3) is 11.7 Å². The number of carbonyl (C=O) groups is 3. The van der Waals surface area contributed by atoms with Crippen LogP contribution in [0.4, 0.5) is 5.69 Å². The quantitative estimate of drug-likeness (QED) is 0.320. The number of hydrogen-bond acceptors (Lipinski definition) is 4. The largest absolute Gasteiger partial charge is 0.507 e. The fourth-order valence-electron chi connectivity index (χ4n) is 3.60.